The van der Waals surface area contributed by atoms with Crippen LogP contribution in [0.3, 0.4) is 0 Å². The number of rotatable bonds is 3. The first-order valence-corrected chi connectivity index (χ1v) is 7.92. The van der Waals surface area contributed by atoms with Gasteiger partial charge in [0.25, 0.3) is 0 Å². The zero-order valence-corrected chi connectivity index (χ0v) is 12.6. The van der Waals surface area contributed by atoms with E-state index < -0.39 is 38.7 Å². The number of aliphatic imine (C=N–C) groups is 1. The van der Waals surface area contributed by atoms with E-state index in [2.05, 4.69) is 9.18 Å². The lowest BCUT2D eigenvalue weighted by molar-refractivity contribution is -0.0500. The van der Waals surface area contributed by atoms with Crippen molar-refractivity contribution in [2.75, 3.05) is 6.26 Å². The van der Waals surface area contributed by atoms with Crippen molar-refractivity contribution in [3.8, 4) is 11.9 Å². The maximum atomic E-state index is 13.5. The van der Waals surface area contributed by atoms with E-state index in [1.807, 2.05) is 5.32 Å². The maximum absolute atomic E-state index is 13.5. The van der Waals surface area contributed by atoms with Gasteiger partial charge in [0.1, 0.15) is 5.69 Å². The molecule has 0 aliphatic carbocycles. The first-order valence-electron chi connectivity index (χ1n) is 5.29. The molecule has 0 amide bonds. The lowest BCUT2D eigenvalue weighted by atomic mass is 10.3. The van der Waals surface area contributed by atoms with Crippen molar-refractivity contribution in [3.63, 3.8) is 0 Å². The minimum atomic E-state index is -6.13. The molecule has 6 nitrogen and oxygen atoms in total. The zero-order chi connectivity index (χ0) is 17.8. The second kappa shape index (κ2) is 7.01. The number of hydrogen-bond acceptors (Lipinski definition) is 6. The highest BCUT2D eigenvalue weighted by Crippen LogP contribution is 2.32. The summed E-state index contributed by atoms with van der Waals surface area (Å²) in [6, 6.07) is 0.424. The van der Waals surface area contributed by atoms with Crippen LogP contribution in [-0.2, 0) is 10.1 Å². The number of nitriles is 1. The molecule has 126 valence electrons. The van der Waals surface area contributed by atoms with Gasteiger partial charge >= 0.3 is 15.6 Å². The highest BCUT2D eigenvalue weighted by atomic mass is 32.2. The van der Waals surface area contributed by atoms with E-state index in [4.69, 9.17) is 5.26 Å². The van der Waals surface area contributed by atoms with Crippen molar-refractivity contribution in [1.82, 2.24) is 5.32 Å². The van der Waals surface area contributed by atoms with Crippen LogP contribution < -0.4 is 9.50 Å². The second-order valence-electron chi connectivity index (χ2n) is 3.58. The van der Waals surface area contributed by atoms with Crippen molar-refractivity contribution in [1.29, 1.82) is 5.26 Å². The number of amidine groups is 1. The molecular weight excluding hydrogens is 369 g/mol. The monoisotopic (exact) mass is 375 g/mol. The van der Waals surface area contributed by atoms with Gasteiger partial charge in [-0.25, -0.2) is 13.8 Å². The summed E-state index contributed by atoms with van der Waals surface area (Å²) in [5.74, 6) is -4.36. The Balaban J connectivity index is 3.33. The van der Waals surface area contributed by atoms with E-state index in [-0.39, 0.29) is 11.2 Å². The molecule has 0 aliphatic rings. The summed E-state index contributed by atoms with van der Waals surface area (Å²) in [5, 5.41) is 10.3. The lowest BCUT2D eigenvalue weighted by Gasteiger charge is -2.11. The Hall–Kier alpha value is -2.07. The fraction of sp³-hybridized carbons (Fsp3) is 0.200. The van der Waals surface area contributed by atoms with Gasteiger partial charge in [0, 0.05) is 12.1 Å². The third-order valence-electron chi connectivity index (χ3n) is 2.06. The van der Waals surface area contributed by atoms with Crippen LogP contribution in [0, 0.1) is 23.1 Å². The van der Waals surface area contributed by atoms with Crippen LogP contribution in [0.5, 0.6) is 5.75 Å². The van der Waals surface area contributed by atoms with Gasteiger partial charge in [-0.15, -0.1) is 0 Å². The smallest absolute Gasteiger partial charge is 0.373 e. The number of thioether (sulfide) groups is 1. The minimum Gasteiger partial charge on any atom is -0.373 e. The molecule has 1 rings (SSSR count). The number of halogens is 5. The molecule has 13 heteroatoms. The van der Waals surface area contributed by atoms with Crippen molar-refractivity contribution in [3.05, 3.63) is 23.8 Å². The number of hydrogen-bond donors (Lipinski definition) is 1. The highest BCUT2D eigenvalue weighted by Gasteiger charge is 2.49. The number of nitrogens with zero attached hydrogens (tertiary/aromatic N) is 2. The van der Waals surface area contributed by atoms with Crippen molar-refractivity contribution in [2.24, 2.45) is 4.99 Å². The van der Waals surface area contributed by atoms with E-state index in [0.717, 1.165) is 11.8 Å². The molecule has 1 N–H and O–H groups in total. The lowest BCUT2D eigenvalue weighted by Crippen LogP contribution is -2.28. The normalized spacial score (nSPS) is 12.7. The molecule has 0 heterocycles. The van der Waals surface area contributed by atoms with Crippen LogP contribution >= 0.6 is 11.8 Å². The third-order valence-corrected chi connectivity index (χ3v) is 3.61. The predicted octanol–water partition coefficient (Wildman–Crippen LogP) is 2.61. The number of nitrogens with one attached hydrogen (secondary N) is 1. The van der Waals surface area contributed by atoms with Gasteiger partial charge in [0.05, 0.1) is 0 Å². The molecule has 0 spiro atoms. The summed E-state index contributed by atoms with van der Waals surface area (Å²) in [7, 11) is -6.13. The van der Waals surface area contributed by atoms with Gasteiger partial charge < -0.3 is 4.18 Å². The van der Waals surface area contributed by atoms with Gasteiger partial charge in [0.15, 0.2) is 28.7 Å². The van der Waals surface area contributed by atoms with E-state index >= 15 is 0 Å². The van der Waals surface area contributed by atoms with Gasteiger partial charge in [-0.1, -0.05) is 11.8 Å². The Kier molecular flexibility index (Phi) is 5.78. The van der Waals surface area contributed by atoms with Gasteiger partial charge in [0.2, 0.25) is 0 Å². The van der Waals surface area contributed by atoms with Crippen molar-refractivity contribution < 1.29 is 34.6 Å². The fourth-order valence-electron chi connectivity index (χ4n) is 1.12. The van der Waals surface area contributed by atoms with E-state index in [9.17, 15) is 30.4 Å². The predicted molar refractivity (Wildman–Crippen MR) is 71.3 cm³/mol. The van der Waals surface area contributed by atoms with Gasteiger partial charge in [-0.3, -0.25) is 5.32 Å². The molecule has 0 radical (unpaired) electrons. The Morgan fingerprint density at radius 2 is 1.96 bits per heavy atom. The Morgan fingerprint density at radius 1 is 1.35 bits per heavy atom. The average molecular weight is 375 g/mol. The molecule has 0 saturated carbocycles. The molecule has 23 heavy (non-hydrogen) atoms. The zero-order valence-electron chi connectivity index (χ0n) is 11.0. The van der Waals surface area contributed by atoms with Crippen LogP contribution in [-0.4, -0.2) is 25.3 Å². The van der Waals surface area contributed by atoms with Crippen LogP contribution in [0.4, 0.5) is 27.6 Å². The molecule has 1 aromatic rings. The number of benzene rings is 1. The Labute approximate surface area is 131 Å². The van der Waals surface area contributed by atoms with Crippen LogP contribution in [0.25, 0.3) is 0 Å². The molecule has 0 saturated heterocycles. The Morgan fingerprint density at radius 3 is 2.43 bits per heavy atom. The van der Waals surface area contributed by atoms with Crippen LogP contribution in [0.15, 0.2) is 17.1 Å². The van der Waals surface area contributed by atoms with Gasteiger partial charge in [-0.2, -0.15) is 26.9 Å². The first-order chi connectivity index (χ1) is 10.5. The van der Waals surface area contributed by atoms with E-state index in [1.54, 1.807) is 0 Å². The molecule has 0 unspecified atom stereocenters. The fourth-order valence-corrected chi connectivity index (χ4v) is 1.91. The molecular formula is C10H6F5N3O3S2. The number of alkyl halides is 3. The van der Waals surface area contributed by atoms with Crippen LogP contribution in [0.2, 0.25) is 0 Å². The summed E-state index contributed by atoms with van der Waals surface area (Å²) in [4.78, 5) is 3.51. The van der Waals surface area contributed by atoms with Crippen molar-refractivity contribution >= 4 is 32.7 Å². The first kappa shape index (κ1) is 19.0. The molecule has 0 aliphatic heterocycles. The average Bonchev–Trinajstić information content (AvgIpc) is 2.41. The Bertz CT molecular complexity index is 771. The van der Waals surface area contributed by atoms with E-state index in [1.165, 1.54) is 12.4 Å². The summed E-state index contributed by atoms with van der Waals surface area (Å²) in [5.41, 5.74) is -6.52. The molecule has 1 aromatic carbocycles. The molecule has 0 aromatic heterocycles. The molecule has 0 atom stereocenters. The summed E-state index contributed by atoms with van der Waals surface area (Å²) < 4.78 is 88.9. The van der Waals surface area contributed by atoms with Crippen LogP contribution in [0.1, 0.15) is 0 Å². The van der Waals surface area contributed by atoms with Gasteiger partial charge in [-0.05, 0) is 6.26 Å². The van der Waals surface area contributed by atoms with Crippen molar-refractivity contribution in [2.45, 2.75) is 5.51 Å². The molecule has 0 bridgehead atoms. The highest BCUT2D eigenvalue weighted by molar-refractivity contribution is 8.13. The molecule has 0 fully saturated rings. The third kappa shape index (κ3) is 4.70. The summed E-state index contributed by atoms with van der Waals surface area (Å²) >= 11 is 0.842. The second-order valence-corrected chi connectivity index (χ2v) is 5.91. The minimum absolute atomic E-state index is 0.102. The SMILES string of the molecule is CSC(=Nc1cc(OS(=O)(=O)C(F)(F)F)c(F)cc1F)NC#N. The van der Waals surface area contributed by atoms with E-state index in [0.29, 0.717) is 6.07 Å². The summed E-state index contributed by atoms with van der Waals surface area (Å²) in [6.07, 6.45) is 2.91. The quantitative estimate of drug-likeness (QED) is 0.166. The standard InChI is InChI=1S/C10H6F5N3O3S2/c1-22-9(17-4-16)18-7-3-8(6(12)2-5(7)11)21-23(19,20)10(13,14)15/h2-3H,1H3,(H,17,18). The maximum Gasteiger partial charge on any atom is 0.534 e. The topological polar surface area (TPSA) is 91.5 Å². The largest absolute Gasteiger partial charge is 0.534 e. The summed E-state index contributed by atoms with van der Waals surface area (Å²) in [6.45, 7) is 0.